The molecular weight excluding hydrogens is 235 g/mol. The zero-order valence-electron chi connectivity index (χ0n) is 8.62. The molecule has 0 atom stereocenters. The van der Waals surface area contributed by atoms with E-state index in [1.807, 2.05) is 0 Å². The standard InChI is InChI=1S/C9H14N4.2ClH/c1-2-11-9-5-7-6-10-4-3-8(7)12-13-9;;/h5,10H,2-4,6H2,1H3,(H,11,13);2*1H. The van der Waals surface area contributed by atoms with Crippen LogP contribution >= 0.6 is 24.8 Å². The minimum absolute atomic E-state index is 0. The Balaban J connectivity index is 0.000000980. The van der Waals surface area contributed by atoms with Crippen molar-refractivity contribution in [3.8, 4) is 0 Å². The van der Waals surface area contributed by atoms with Crippen molar-refractivity contribution in [1.29, 1.82) is 0 Å². The van der Waals surface area contributed by atoms with E-state index in [2.05, 4.69) is 33.8 Å². The highest BCUT2D eigenvalue weighted by Gasteiger charge is 2.10. The van der Waals surface area contributed by atoms with Crippen LogP contribution in [-0.2, 0) is 13.0 Å². The van der Waals surface area contributed by atoms with E-state index in [4.69, 9.17) is 0 Å². The van der Waals surface area contributed by atoms with Crippen LogP contribution in [0.5, 0.6) is 0 Å². The summed E-state index contributed by atoms with van der Waals surface area (Å²) in [6.07, 6.45) is 0.995. The van der Waals surface area contributed by atoms with Crippen LogP contribution in [0.1, 0.15) is 18.2 Å². The molecule has 0 saturated carbocycles. The number of fused-ring (bicyclic) bond motifs is 1. The molecule has 6 heteroatoms. The van der Waals surface area contributed by atoms with Gasteiger partial charge in [-0.25, -0.2) is 0 Å². The number of anilines is 1. The number of aromatic nitrogens is 2. The molecule has 0 aromatic carbocycles. The third-order valence-electron chi connectivity index (χ3n) is 2.17. The molecule has 2 N–H and O–H groups in total. The molecule has 2 rings (SSSR count). The highest BCUT2D eigenvalue weighted by molar-refractivity contribution is 5.85. The molecule has 86 valence electrons. The van der Waals surface area contributed by atoms with Crippen LogP contribution in [0.25, 0.3) is 0 Å². The molecule has 15 heavy (non-hydrogen) atoms. The highest BCUT2D eigenvalue weighted by atomic mass is 35.5. The smallest absolute Gasteiger partial charge is 0.148 e. The second-order valence-electron chi connectivity index (χ2n) is 3.16. The summed E-state index contributed by atoms with van der Waals surface area (Å²) < 4.78 is 0. The number of hydrogen-bond acceptors (Lipinski definition) is 4. The maximum Gasteiger partial charge on any atom is 0.148 e. The van der Waals surface area contributed by atoms with Crippen LogP contribution in [-0.4, -0.2) is 23.3 Å². The number of rotatable bonds is 2. The normalized spacial score (nSPS) is 13.1. The van der Waals surface area contributed by atoms with Gasteiger partial charge in [0.25, 0.3) is 0 Å². The Morgan fingerprint density at radius 2 is 2.20 bits per heavy atom. The molecule has 4 nitrogen and oxygen atoms in total. The second-order valence-corrected chi connectivity index (χ2v) is 3.16. The molecule has 0 aliphatic carbocycles. The van der Waals surface area contributed by atoms with Crippen LogP contribution in [0.4, 0.5) is 5.82 Å². The first-order chi connectivity index (χ1) is 6.40. The lowest BCUT2D eigenvalue weighted by Crippen LogP contribution is -2.25. The summed E-state index contributed by atoms with van der Waals surface area (Å²) in [6.45, 7) is 4.88. The van der Waals surface area contributed by atoms with Crippen LogP contribution in [0.2, 0.25) is 0 Å². The van der Waals surface area contributed by atoms with Gasteiger partial charge in [-0.3, -0.25) is 0 Å². The Hall–Kier alpha value is -0.580. The van der Waals surface area contributed by atoms with E-state index < -0.39 is 0 Å². The van der Waals surface area contributed by atoms with Crippen LogP contribution < -0.4 is 10.6 Å². The Morgan fingerprint density at radius 3 is 2.93 bits per heavy atom. The monoisotopic (exact) mass is 250 g/mol. The summed E-state index contributed by atoms with van der Waals surface area (Å²) in [5.41, 5.74) is 2.41. The van der Waals surface area contributed by atoms with Gasteiger partial charge in [0.05, 0.1) is 5.69 Å². The van der Waals surface area contributed by atoms with Crippen molar-refractivity contribution in [2.45, 2.75) is 19.9 Å². The molecule has 0 saturated heterocycles. The predicted molar refractivity (Wildman–Crippen MR) is 66.1 cm³/mol. The van der Waals surface area contributed by atoms with E-state index in [1.54, 1.807) is 0 Å². The Kier molecular flexibility index (Phi) is 6.56. The molecule has 0 spiro atoms. The van der Waals surface area contributed by atoms with Gasteiger partial charge in [0, 0.05) is 26.1 Å². The third kappa shape index (κ3) is 3.48. The fourth-order valence-electron chi connectivity index (χ4n) is 1.52. The summed E-state index contributed by atoms with van der Waals surface area (Å²) in [5.74, 6) is 0.880. The van der Waals surface area contributed by atoms with Gasteiger partial charge in [-0.15, -0.1) is 29.9 Å². The summed E-state index contributed by atoms with van der Waals surface area (Å²) in [5, 5.41) is 14.7. The largest absolute Gasteiger partial charge is 0.369 e. The van der Waals surface area contributed by atoms with Gasteiger partial charge in [0.15, 0.2) is 0 Å². The van der Waals surface area contributed by atoms with E-state index in [0.717, 1.165) is 37.6 Å². The fourth-order valence-corrected chi connectivity index (χ4v) is 1.52. The van der Waals surface area contributed by atoms with E-state index in [1.165, 1.54) is 5.56 Å². The van der Waals surface area contributed by atoms with Gasteiger partial charge in [0.1, 0.15) is 5.82 Å². The molecule has 0 unspecified atom stereocenters. The fraction of sp³-hybridized carbons (Fsp3) is 0.556. The number of halogens is 2. The maximum atomic E-state index is 4.19. The molecule has 2 heterocycles. The number of nitrogens with one attached hydrogen (secondary N) is 2. The van der Waals surface area contributed by atoms with E-state index >= 15 is 0 Å². The van der Waals surface area contributed by atoms with Gasteiger partial charge in [-0.1, -0.05) is 0 Å². The van der Waals surface area contributed by atoms with Crippen molar-refractivity contribution in [2.75, 3.05) is 18.4 Å². The number of nitrogens with zero attached hydrogens (tertiary/aromatic N) is 2. The first-order valence-corrected chi connectivity index (χ1v) is 4.70. The Morgan fingerprint density at radius 1 is 1.40 bits per heavy atom. The molecule has 1 aromatic rings. The van der Waals surface area contributed by atoms with Gasteiger partial charge >= 0.3 is 0 Å². The van der Waals surface area contributed by atoms with Crippen LogP contribution in [0.15, 0.2) is 6.07 Å². The van der Waals surface area contributed by atoms with Crippen molar-refractivity contribution in [2.24, 2.45) is 0 Å². The minimum Gasteiger partial charge on any atom is -0.369 e. The quantitative estimate of drug-likeness (QED) is 0.834. The van der Waals surface area contributed by atoms with Crippen molar-refractivity contribution < 1.29 is 0 Å². The SMILES string of the molecule is CCNc1cc2c(nn1)CCNC2.Cl.Cl. The van der Waals surface area contributed by atoms with Gasteiger partial charge in [0.2, 0.25) is 0 Å². The zero-order chi connectivity index (χ0) is 9.10. The van der Waals surface area contributed by atoms with Crippen molar-refractivity contribution >= 4 is 30.6 Å². The molecule has 0 fully saturated rings. The summed E-state index contributed by atoms with van der Waals surface area (Å²) in [6, 6.07) is 2.08. The summed E-state index contributed by atoms with van der Waals surface area (Å²) in [7, 11) is 0. The first kappa shape index (κ1) is 14.4. The molecule has 0 bridgehead atoms. The second kappa shape index (κ2) is 6.82. The van der Waals surface area contributed by atoms with E-state index in [0.29, 0.717) is 0 Å². The molecule has 0 amide bonds. The molecule has 0 radical (unpaired) electrons. The third-order valence-corrected chi connectivity index (χ3v) is 2.17. The molecular formula is C9H16Cl2N4. The van der Waals surface area contributed by atoms with Gasteiger partial charge in [-0.05, 0) is 18.6 Å². The molecule has 1 aromatic heterocycles. The first-order valence-electron chi connectivity index (χ1n) is 4.70. The Labute approximate surface area is 102 Å². The van der Waals surface area contributed by atoms with E-state index in [9.17, 15) is 0 Å². The maximum absolute atomic E-state index is 4.19. The highest BCUT2D eigenvalue weighted by Crippen LogP contribution is 2.13. The lowest BCUT2D eigenvalue weighted by atomic mass is 10.1. The van der Waals surface area contributed by atoms with Crippen molar-refractivity contribution in [1.82, 2.24) is 15.5 Å². The van der Waals surface area contributed by atoms with Gasteiger partial charge < -0.3 is 10.6 Å². The lowest BCUT2D eigenvalue weighted by molar-refractivity contribution is 0.621. The Bertz CT molecular complexity index is 306. The summed E-state index contributed by atoms with van der Waals surface area (Å²) in [4.78, 5) is 0. The predicted octanol–water partition coefficient (Wildman–Crippen LogP) is 1.40. The molecule has 1 aliphatic heterocycles. The van der Waals surface area contributed by atoms with Crippen LogP contribution in [0.3, 0.4) is 0 Å². The number of hydrogen-bond donors (Lipinski definition) is 2. The zero-order valence-corrected chi connectivity index (χ0v) is 10.2. The molecule has 1 aliphatic rings. The van der Waals surface area contributed by atoms with Crippen molar-refractivity contribution in [3.63, 3.8) is 0 Å². The van der Waals surface area contributed by atoms with Gasteiger partial charge in [-0.2, -0.15) is 5.10 Å². The van der Waals surface area contributed by atoms with Crippen LogP contribution in [0, 0.1) is 0 Å². The topological polar surface area (TPSA) is 49.8 Å². The average Bonchev–Trinajstić information content (AvgIpc) is 2.18. The van der Waals surface area contributed by atoms with E-state index in [-0.39, 0.29) is 24.8 Å². The average molecular weight is 251 g/mol. The minimum atomic E-state index is 0. The lowest BCUT2D eigenvalue weighted by Gasteiger charge is -2.15. The van der Waals surface area contributed by atoms with Crippen molar-refractivity contribution in [3.05, 3.63) is 17.3 Å². The summed E-state index contributed by atoms with van der Waals surface area (Å²) >= 11 is 0.